The topological polar surface area (TPSA) is 47.0 Å². The third-order valence-corrected chi connectivity index (χ3v) is 1.95. The van der Waals surface area contributed by atoms with Gasteiger partial charge < -0.3 is 10.1 Å². The Hall–Kier alpha value is -1.16. The zero-order valence-corrected chi connectivity index (χ0v) is 8.51. The number of methoxy groups -OCH3 is 1. The van der Waals surface area contributed by atoms with Gasteiger partial charge in [-0.05, 0) is 13.8 Å². The molecule has 0 aliphatic carbocycles. The van der Waals surface area contributed by atoms with Gasteiger partial charge in [0, 0.05) is 25.4 Å². The Bertz CT molecular complexity index is 299. The van der Waals surface area contributed by atoms with Crippen LogP contribution in [0.1, 0.15) is 17.1 Å². The number of aryl methyl sites for hydroxylation is 1. The van der Waals surface area contributed by atoms with E-state index in [9.17, 15) is 0 Å². The van der Waals surface area contributed by atoms with Crippen molar-refractivity contribution in [1.29, 1.82) is 0 Å². The van der Waals surface area contributed by atoms with E-state index in [2.05, 4.69) is 15.3 Å². The van der Waals surface area contributed by atoms with Crippen LogP contribution in [0.3, 0.4) is 0 Å². The van der Waals surface area contributed by atoms with Gasteiger partial charge in [0.05, 0.1) is 0 Å². The summed E-state index contributed by atoms with van der Waals surface area (Å²) in [6.07, 6.45) is 0. The second-order valence-electron chi connectivity index (χ2n) is 2.88. The molecule has 1 aromatic heterocycles. The first-order valence-electron chi connectivity index (χ1n) is 4.19. The first-order valence-corrected chi connectivity index (χ1v) is 4.19. The molecule has 0 unspecified atom stereocenters. The molecule has 1 N–H and O–H groups in total. The Kier molecular flexibility index (Phi) is 3.19. The number of hydrogen-bond acceptors (Lipinski definition) is 4. The molecule has 72 valence electrons. The summed E-state index contributed by atoms with van der Waals surface area (Å²) >= 11 is 0. The van der Waals surface area contributed by atoms with Gasteiger partial charge in [0.1, 0.15) is 12.4 Å². The largest absolute Gasteiger partial charge is 0.377 e. The number of rotatable bonds is 3. The average molecular weight is 181 g/mol. The van der Waals surface area contributed by atoms with Crippen LogP contribution in [-0.2, 0) is 11.3 Å². The summed E-state index contributed by atoms with van der Waals surface area (Å²) in [6, 6.07) is 0. The van der Waals surface area contributed by atoms with Gasteiger partial charge in [-0.25, -0.2) is 9.97 Å². The van der Waals surface area contributed by atoms with Crippen LogP contribution in [-0.4, -0.2) is 24.1 Å². The van der Waals surface area contributed by atoms with Gasteiger partial charge in [-0.1, -0.05) is 0 Å². The molecule has 0 spiro atoms. The smallest absolute Gasteiger partial charge is 0.156 e. The summed E-state index contributed by atoms with van der Waals surface area (Å²) in [7, 11) is 3.49. The maximum absolute atomic E-state index is 4.97. The standard InChI is InChI=1S/C9H15N3O/c1-6-7(2)11-8(5-13-4)12-9(6)10-3/h5H2,1-4H3,(H,10,11,12). The summed E-state index contributed by atoms with van der Waals surface area (Å²) < 4.78 is 4.97. The molecule has 0 amide bonds. The molecule has 0 saturated carbocycles. The quantitative estimate of drug-likeness (QED) is 0.763. The number of nitrogens with zero attached hydrogens (tertiary/aromatic N) is 2. The number of nitrogens with one attached hydrogen (secondary N) is 1. The fraction of sp³-hybridized carbons (Fsp3) is 0.556. The first-order chi connectivity index (χ1) is 6.19. The van der Waals surface area contributed by atoms with Gasteiger partial charge in [0.25, 0.3) is 0 Å². The molecule has 0 fully saturated rings. The average Bonchev–Trinajstić information content (AvgIpc) is 2.11. The van der Waals surface area contributed by atoms with Crippen molar-refractivity contribution in [3.05, 3.63) is 17.1 Å². The Morgan fingerprint density at radius 2 is 2.00 bits per heavy atom. The number of hydrogen-bond donors (Lipinski definition) is 1. The minimum atomic E-state index is 0.454. The molecule has 0 atom stereocenters. The lowest BCUT2D eigenvalue weighted by molar-refractivity contribution is 0.177. The van der Waals surface area contributed by atoms with Crippen LogP contribution < -0.4 is 5.32 Å². The van der Waals surface area contributed by atoms with Crippen LogP contribution >= 0.6 is 0 Å². The van der Waals surface area contributed by atoms with E-state index in [1.165, 1.54) is 0 Å². The maximum atomic E-state index is 4.97. The summed E-state index contributed by atoms with van der Waals surface area (Å²) in [5.41, 5.74) is 2.08. The van der Waals surface area contributed by atoms with Crippen molar-refractivity contribution in [3.63, 3.8) is 0 Å². The lowest BCUT2D eigenvalue weighted by Gasteiger charge is -2.08. The second kappa shape index (κ2) is 4.18. The van der Waals surface area contributed by atoms with Crippen LogP contribution in [0.2, 0.25) is 0 Å². The van der Waals surface area contributed by atoms with E-state index in [1.807, 2.05) is 20.9 Å². The minimum Gasteiger partial charge on any atom is -0.377 e. The summed E-state index contributed by atoms with van der Waals surface area (Å²) in [5, 5.41) is 3.03. The molecule has 0 saturated heterocycles. The fourth-order valence-electron chi connectivity index (χ4n) is 1.12. The van der Waals surface area contributed by atoms with Crippen molar-refractivity contribution in [2.45, 2.75) is 20.5 Å². The molecule has 1 rings (SSSR count). The Balaban J connectivity index is 3.06. The lowest BCUT2D eigenvalue weighted by atomic mass is 10.2. The van der Waals surface area contributed by atoms with E-state index in [-0.39, 0.29) is 0 Å². The highest BCUT2D eigenvalue weighted by molar-refractivity contribution is 5.44. The normalized spacial score (nSPS) is 10.2. The monoisotopic (exact) mass is 181 g/mol. The third-order valence-electron chi connectivity index (χ3n) is 1.95. The van der Waals surface area contributed by atoms with Gasteiger partial charge in [-0.3, -0.25) is 0 Å². The molecule has 13 heavy (non-hydrogen) atoms. The van der Waals surface area contributed by atoms with E-state index in [1.54, 1.807) is 7.11 Å². The summed E-state index contributed by atoms with van der Waals surface area (Å²) in [4.78, 5) is 8.59. The van der Waals surface area contributed by atoms with Gasteiger partial charge in [-0.15, -0.1) is 0 Å². The van der Waals surface area contributed by atoms with Gasteiger partial charge in [-0.2, -0.15) is 0 Å². The van der Waals surface area contributed by atoms with Crippen molar-refractivity contribution < 1.29 is 4.74 Å². The third kappa shape index (κ3) is 2.15. The zero-order valence-electron chi connectivity index (χ0n) is 8.51. The molecule has 1 heterocycles. The molecule has 4 nitrogen and oxygen atoms in total. The SMILES string of the molecule is CNc1nc(COC)nc(C)c1C. The number of aromatic nitrogens is 2. The summed E-state index contributed by atoms with van der Waals surface area (Å²) in [5.74, 6) is 1.59. The zero-order chi connectivity index (χ0) is 9.84. The molecular weight excluding hydrogens is 166 g/mol. The molecule has 0 aliphatic rings. The van der Waals surface area contributed by atoms with Gasteiger partial charge >= 0.3 is 0 Å². The molecule has 0 aromatic carbocycles. The first kappa shape index (κ1) is 9.92. The molecule has 4 heteroatoms. The van der Waals surface area contributed by atoms with Crippen molar-refractivity contribution in [3.8, 4) is 0 Å². The predicted molar refractivity (Wildman–Crippen MR) is 51.8 cm³/mol. The highest BCUT2D eigenvalue weighted by Crippen LogP contribution is 2.13. The Morgan fingerprint density at radius 1 is 1.31 bits per heavy atom. The summed E-state index contributed by atoms with van der Waals surface area (Å²) in [6.45, 7) is 4.42. The van der Waals surface area contributed by atoms with E-state index in [0.29, 0.717) is 6.61 Å². The molecule has 0 bridgehead atoms. The van der Waals surface area contributed by atoms with E-state index in [0.717, 1.165) is 22.9 Å². The van der Waals surface area contributed by atoms with Crippen molar-refractivity contribution >= 4 is 5.82 Å². The van der Waals surface area contributed by atoms with Crippen LogP contribution in [0.5, 0.6) is 0 Å². The molecule has 0 aliphatic heterocycles. The van der Waals surface area contributed by atoms with Gasteiger partial charge in [0.15, 0.2) is 5.82 Å². The highest BCUT2D eigenvalue weighted by Gasteiger charge is 2.05. The van der Waals surface area contributed by atoms with Crippen LogP contribution in [0.25, 0.3) is 0 Å². The van der Waals surface area contributed by atoms with Crippen molar-refractivity contribution in [2.75, 3.05) is 19.5 Å². The van der Waals surface area contributed by atoms with Crippen LogP contribution in [0.4, 0.5) is 5.82 Å². The van der Waals surface area contributed by atoms with E-state index >= 15 is 0 Å². The molecule has 0 radical (unpaired) electrons. The second-order valence-corrected chi connectivity index (χ2v) is 2.88. The minimum absolute atomic E-state index is 0.454. The van der Waals surface area contributed by atoms with Crippen LogP contribution in [0.15, 0.2) is 0 Å². The van der Waals surface area contributed by atoms with Crippen molar-refractivity contribution in [1.82, 2.24) is 9.97 Å². The molecule has 1 aromatic rings. The van der Waals surface area contributed by atoms with E-state index < -0.39 is 0 Å². The number of ether oxygens (including phenoxy) is 1. The van der Waals surface area contributed by atoms with Crippen molar-refractivity contribution in [2.24, 2.45) is 0 Å². The fourth-order valence-corrected chi connectivity index (χ4v) is 1.12. The Morgan fingerprint density at radius 3 is 2.54 bits per heavy atom. The highest BCUT2D eigenvalue weighted by atomic mass is 16.5. The molecular formula is C9H15N3O. The maximum Gasteiger partial charge on any atom is 0.156 e. The Labute approximate surface area is 78.4 Å². The number of anilines is 1. The van der Waals surface area contributed by atoms with Gasteiger partial charge in [0.2, 0.25) is 0 Å². The van der Waals surface area contributed by atoms with Crippen LogP contribution in [0, 0.1) is 13.8 Å². The predicted octanol–water partition coefficient (Wildman–Crippen LogP) is 1.28. The van der Waals surface area contributed by atoms with E-state index in [4.69, 9.17) is 4.74 Å². The lowest BCUT2D eigenvalue weighted by Crippen LogP contribution is -2.05.